The quantitative estimate of drug-likeness (QED) is 0.303. The summed E-state index contributed by atoms with van der Waals surface area (Å²) in [4.78, 5) is 15.4. The van der Waals surface area contributed by atoms with Crippen LogP contribution in [0.15, 0.2) is 65.6 Å². The molecule has 5 rings (SSSR count). The highest BCUT2D eigenvalue weighted by Crippen LogP contribution is 2.44. The maximum atomic E-state index is 13.8. The maximum absolute atomic E-state index is 13.8. The Hall–Kier alpha value is -2.13. The Morgan fingerprint density at radius 3 is 2.20 bits per heavy atom. The Balaban J connectivity index is 1.43. The van der Waals surface area contributed by atoms with Gasteiger partial charge in [-0.15, -0.1) is 0 Å². The van der Waals surface area contributed by atoms with Crippen molar-refractivity contribution >= 4 is 50.7 Å². The molecule has 2 unspecified atom stereocenters. The molecule has 0 N–H and O–H groups in total. The second kappa shape index (κ2) is 11.6. The number of rotatable bonds is 5. The molecule has 1 heterocycles. The predicted molar refractivity (Wildman–Crippen MR) is 159 cm³/mol. The average Bonchev–Trinajstić information content (AvgIpc) is 2.93. The number of morpholine rings is 1. The lowest BCUT2D eigenvalue weighted by molar-refractivity contribution is -0.0440. The summed E-state index contributed by atoms with van der Waals surface area (Å²) >= 11 is 18.9. The smallest absolute Gasteiger partial charge is 0.254 e. The lowest BCUT2D eigenvalue weighted by Gasteiger charge is -2.37. The Bertz CT molecular complexity index is 1540. The minimum absolute atomic E-state index is 0.0709. The van der Waals surface area contributed by atoms with E-state index in [1.165, 1.54) is 16.4 Å². The first-order chi connectivity index (χ1) is 19.0. The van der Waals surface area contributed by atoms with Gasteiger partial charge in [0.15, 0.2) is 0 Å². The van der Waals surface area contributed by atoms with Gasteiger partial charge in [-0.2, -0.15) is 4.31 Å². The molecule has 10 heteroatoms. The van der Waals surface area contributed by atoms with E-state index in [9.17, 15) is 13.2 Å². The van der Waals surface area contributed by atoms with Crippen LogP contribution in [0.25, 0.3) is 0 Å². The SMILES string of the molecule is CC1CN(S(=O)(=O)c2cc(C(=O)N(C)[C@H]3CC[C@@H](c4ccc(Cl)c(Cl)c4)c4ccccc43)ccc2Cl)CC(C)O1. The van der Waals surface area contributed by atoms with Gasteiger partial charge in [0, 0.05) is 31.6 Å². The molecule has 40 heavy (non-hydrogen) atoms. The van der Waals surface area contributed by atoms with Crippen LogP contribution in [0.5, 0.6) is 0 Å². The highest BCUT2D eigenvalue weighted by molar-refractivity contribution is 7.89. The van der Waals surface area contributed by atoms with Gasteiger partial charge in [-0.25, -0.2) is 8.42 Å². The third-order valence-corrected chi connectivity index (χ3v) is 10.8. The van der Waals surface area contributed by atoms with Crippen LogP contribution in [0.4, 0.5) is 0 Å². The lowest BCUT2D eigenvalue weighted by atomic mass is 9.76. The van der Waals surface area contributed by atoms with Crippen molar-refractivity contribution in [1.82, 2.24) is 9.21 Å². The van der Waals surface area contributed by atoms with Crippen molar-refractivity contribution in [1.29, 1.82) is 0 Å². The van der Waals surface area contributed by atoms with Crippen LogP contribution in [-0.4, -0.2) is 55.9 Å². The zero-order valence-corrected chi connectivity index (χ0v) is 25.6. The van der Waals surface area contributed by atoms with E-state index in [4.69, 9.17) is 39.5 Å². The fourth-order valence-corrected chi connectivity index (χ4v) is 8.29. The fraction of sp³-hybridized carbons (Fsp3) is 0.367. The zero-order chi connectivity index (χ0) is 28.8. The van der Waals surface area contributed by atoms with E-state index in [-0.39, 0.29) is 58.6 Å². The third-order valence-electron chi connectivity index (χ3n) is 7.78. The Morgan fingerprint density at radius 2 is 1.52 bits per heavy atom. The molecule has 1 saturated heterocycles. The largest absolute Gasteiger partial charge is 0.373 e. The van der Waals surface area contributed by atoms with E-state index in [2.05, 4.69) is 6.07 Å². The van der Waals surface area contributed by atoms with Crippen molar-refractivity contribution in [2.45, 2.75) is 55.8 Å². The number of benzene rings is 3. The fourth-order valence-electron chi connectivity index (χ4n) is 5.89. The lowest BCUT2D eigenvalue weighted by Crippen LogP contribution is -2.48. The number of sulfonamides is 1. The number of ether oxygens (including phenoxy) is 1. The zero-order valence-electron chi connectivity index (χ0n) is 22.5. The number of fused-ring (bicyclic) bond motifs is 1. The molecule has 1 fully saturated rings. The summed E-state index contributed by atoms with van der Waals surface area (Å²) in [5, 5.41) is 1.11. The second-order valence-electron chi connectivity index (χ2n) is 10.6. The standard InChI is InChI=1S/C30H31Cl3N2O4S/c1-18-16-35(17-19(2)39-18)40(37,38)29-15-21(9-12-26(29)32)30(36)34(3)28-13-10-22(23-6-4-5-7-24(23)28)20-8-11-25(31)27(33)14-20/h4-9,11-12,14-15,18-19,22,28H,10,13,16-17H2,1-3H3/t18?,19?,22-,28-/m0/s1. The van der Waals surface area contributed by atoms with Gasteiger partial charge >= 0.3 is 0 Å². The summed E-state index contributed by atoms with van der Waals surface area (Å²) in [5.74, 6) is -0.152. The molecule has 6 nitrogen and oxygen atoms in total. The molecule has 3 aromatic carbocycles. The molecule has 1 aliphatic heterocycles. The van der Waals surface area contributed by atoms with E-state index in [1.807, 2.05) is 50.2 Å². The summed E-state index contributed by atoms with van der Waals surface area (Å²) in [5.41, 5.74) is 3.53. The van der Waals surface area contributed by atoms with Crippen LogP contribution in [0, 0.1) is 0 Å². The van der Waals surface area contributed by atoms with Crippen LogP contribution >= 0.6 is 34.8 Å². The molecule has 4 atom stereocenters. The first-order valence-electron chi connectivity index (χ1n) is 13.2. The summed E-state index contributed by atoms with van der Waals surface area (Å²) in [6, 6.07) is 18.1. The molecule has 1 amide bonds. The molecule has 212 valence electrons. The van der Waals surface area contributed by atoms with Gasteiger partial charge in [0.1, 0.15) is 4.90 Å². The van der Waals surface area contributed by atoms with Crippen LogP contribution in [-0.2, 0) is 14.8 Å². The first kappa shape index (κ1) is 29.4. The number of hydrogen-bond donors (Lipinski definition) is 0. The number of amides is 1. The minimum atomic E-state index is -3.93. The van der Waals surface area contributed by atoms with E-state index < -0.39 is 10.0 Å². The van der Waals surface area contributed by atoms with Gasteiger partial charge < -0.3 is 9.64 Å². The van der Waals surface area contributed by atoms with Crippen molar-refractivity contribution in [3.05, 3.63) is 98.0 Å². The normalized spacial score (nSPS) is 23.4. The topological polar surface area (TPSA) is 66.9 Å². The van der Waals surface area contributed by atoms with Crippen LogP contribution < -0.4 is 0 Å². The van der Waals surface area contributed by atoms with Crippen LogP contribution in [0.2, 0.25) is 15.1 Å². The van der Waals surface area contributed by atoms with E-state index >= 15 is 0 Å². The van der Waals surface area contributed by atoms with Crippen molar-refractivity contribution in [2.24, 2.45) is 0 Å². The van der Waals surface area contributed by atoms with Crippen LogP contribution in [0.3, 0.4) is 0 Å². The number of halogens is 3. The van der Waals surface area contributed by atoms with Crippen molar-refractivity contribution in [3.63, 3.8) is 0 Å². The molecule has 0 spiro atoms. The average molecular weight is 622 g/mol. The molecule has 0 saturated carbocycles. The van der Waals surface area contributed by atoms with Gasteiger partial charge in [0.2, 0.25) is 10.0 Å². The second-order valence-corrected chi connectivity index (χ2v) is 13.7. The van der Waals surface area contributed by atoms with Crippen molar-refractivity contribution < 1.29 is 17.9 Å². The first-order valence-corrected chi connectivity index (χ1v) is 15.8. The summed E-state index contributed by atoms with van der Waals surface area (Å²) < 4.78 is 34.2. The van der Waals surface area contributed by atoms with Crippen LogP contribution in [0.1, 0.15) is 65.7 Å². The molecule has 0 aromatic heterocycles. The van der Waals surface area contributed by atoms with Gasteiger partial charge in [0.25, 0.3) is 5.91 Å². The number of hydrogen-bond acceptors (Lipinski definition) is 4. The van der Waals surface area contributed by atoms with Gasteiger partial charge in [-0.1, -0.05) is 65.1 Å². The molecule has 3 aromatic rings. The minimum Gasteiger partial charge on any atom is -0.373 e. The highest BCUT2D eigenvalue weighted by atomic mass is 35.5. The highest BCUT2D eigenvalue weighted by Gasteiger charge is 2.36. The molecular formula is C30H31Cl3N2O4S. The van der Waals surface area contributed by atoms with Gasteiger partial charge in [-0.3, -0.25) is 4.79 Å². The Kier molecular flexibility index (Phi) is 8.54. The summed E-state index contributed by atoms with van der Waals surface area (Å²) in [6.45, 7) is 4.12. The van der Waals surface area contributed by atoms with Gasteiger partial charge in [0.05, 0.1) is 33.3 Å². The van der Waals surface area contributed by atoms with Gasteiger partial charge in [-0.05, 0) is 73.7 Å². The van der Waals surface area contributed by atoms with Crippen molar-refractivity contribution in [3.8, 4) is 0 Å². The van der Waals surface area contributed by atoms with E-state index in [0.29, 0.717) is 10.0 Å². The van der Waals surface area contributed by atoms with E-state index in [0.717, 1.165) is 29.5 Å². The Labute approximate surface area is 250 Å². The number of nitrogens with zero attached hydrogens (tertiary/aromatic N) is 2. The predicted octanol–water partition coefficient (Wildman–Crippen LogP) is 7.18. The molecule has 1 aliphatic carbocycles. The monoisotopic (exact) mass is 620 g/mol. The molecule has 0 bridgehead atoms. The summed E-state index contributed by atoms with van der Waals surface area (Å²) in [6.07, 6.45) is 1.05. The Morgan fingerprint density at radius 1 is 0.875 bits per heavy atom. The van der Waals surface area contributed by atoms with Crippen molar-refractivity contribution in [2.75, 3.05) is 20.1 Å². The molecule has 0 radical (unpaired) electrons. The molecule has 2 aliphatic rings. The third kappa shape index (κ3) is 5.65. The van der Waals surface area contributed by atoms with E-state index in [1.54, 1.807) is 18.0 Å². The summed E-state index contributed by atoms with van der Waals surface area (Å²) in [7, 11) is -2.17. The maximum Gasteiger partial charge on any atom is 0.254 e. The molecular weight excluding hydrogens is 591 g/mol. The number of carbonyl (C=O) groups excluding carboxylic acids is 1. The number of carbonyl (C=O) groups is 1.